The molecule has 0 amide bonds. The molecule has 0 atom stereocenters. The highest BCUT2D eigenvalue weighted by Gasteiger charge is 2.18. The minimum Gasteiger partial charge on any atom is -0.478 e. The lowest BCUT2D eigenvalue weighted by Crippen LogP contribution is -2.04. The number of anilines is 2. The van der Waals surface area contributed by atoms with Gasteiger partial charge in [-0.2, -0.15) is 0 Å². The maximum Gasteiger partial charge on any atom is 0.339 e. The Balaban J connectivity index is 1.93. The Morgan fingerprint density at radius 3 is 3.05 bits per heavy atom. The number of hydrogen-bond acceptors (Lipinski definition) is 5. The van der Waals surface area contributed by atoms with Gasteiger partial charge >= 0.3 is 5.97 Å². The van der Waals surface area contributed by atoms with Gasteiger partial charge in [0.05, 0.1) is 11.4 Å². The second kappa shape index (κ2) is 4.62. The number of rotatable bonds is 3. The standard InChI is InChI=1S/C13H13N3O2S/c1-7-5-10(8(6-14-7)12(17)18)16-13-15-9-3-2-4-11(9)19-13/h5-6H,2-4H2,1H3,(H,17,18)(H,14,15,16). The molecule has 98 valence electrons. The number of hydrogen-bond donors (Lipinski definition) is 2. The molecule has 0 aliphatic heterocycles. The van der Waals surface area contributed by atoms with Gasteiger partial charge in [-0.3, -0.25) is 4.98 Å². The van der Waals surface area contributed by atoms with E-state index in [4.69, 9.17) is 5.11 Å². The van der Waals surface area contributed by atoms with Crippen LogP contribution in [0, 0.1) is 6.92 Å². The van der Waals surface area contributed by atoms with Gasteiger partial charge in [0.15, 0.2) is 5.13 Å². The fourth-order valence-corrected chi connectivity index (χ4v) is 3.25. The van der Waals surface area contributed by atoms with Crippen molar-refractivity contribution in [2.45, 2.75) is 26.2 Å². The zero-order valence-electron chi connectivity index (χ0n) is 10.4. The molecule has 19 heavy (non-hydrogen) atoms. The zero-order chi connectivity index (χ0) is 13.4. The van der Waals surface area contributed by atoms with E-state index >= 15 is 0 Å². The van der Waals surface area contributed by atoms with E-state index in [2.05, 4.69) is 15.3 Å². The van der Waals surface area contributed by atoms with Gasteiger partial charge in [0.1, 0.15) is 5.56 Å². The molecule has 5 nitrogen and oxygen atoms in total. The lowest BCUT2D eigenvalue weighted by Gasteiger charge is -2.07. The highest BCUT2D eigenvalue weighted by Crippen LogP contribution is 2.32. The van der Waals surface area contributed by atoms with Crippen molar-refractivity contribution in [1.29, 1.82) is 0 Å². The van der Waals surface area contributed by atoms with Crippen molar-refractivity contribution in [1.82, 2.24) is 9.97 Å². The second-order valence-electron chi connectivity index (χ2n) is 4.54. The molecule has 0 saturated heterocycles. The van der Waals surface area contributed by atoms with Crippen molar-refractivity contribution >= 4 is 28.1 Å². The number of aromatic nitrogens is 2. The number of nitrogens with zero attached hydrogens (tertiary/aromatic N) is 2. The van der Waals surface area contributed by atoms with E-state index < -0.39 is 5.97 Å². The summed E-state index contributed by atoms with van der Waals surface area (Å²) in [4.78, 5) is 21.0. The van der Waals surface area contributed by atoms with Crippen molar-refractivity contribution in [2.24, 2.45) is 0 Å². The van der Waals surface area contributed by atoms with Gasteiger partial charge in [0, 0.05) is 16.8 Å². The molecule has 1 aliphatic carbocycles. The summed E-state index contributed by atoms with van der Waals surface area (Å²) in [5, 5.41) is 13.0. The van der Waals surface area contributed by atoms with Gasteiger partial charge in [0.2, 0.25) is 0 Å². The van der Waals surface area contributed by atoms with Crippen molar-refractivity contribution in [3.63, 3.8) is 0 Å². The smallest absolute Gasteiger partial charge is 0.339 e. The molecule has 0 fully saturated rings. The van der Waals surface area contributed by atoms with Crippen molar-refractivity contribution < 1.29 is 9.90 Å². The molecule has 2 aromatic heterocycles. The Kier molecular flexibility index (Phi) is 2.94. The first-order valence-electron chi connectivity index (χ1n) is 6.09. The molecule has 2 heterocycles. The van der Waals surface area contributed by atoms with Gasteiger partial charge in [-0.25, -0.2) is 9.78 Å². The van der Waals surface area contributed by atoms with Crippen LogP contribution >= 0.6 is 11.3 Å². The summed E-state index contributed by atoms with van der Waals surface area (Å²) < 4.78 is 0. The van der Waals surface area contributed by atoms with Crippen LogP contribution in [0.15, 0.2) is 12.3 Å². The lowest BCUT2D eigenvalue weighted by molar-refractivity contribution is 0.0697. The van der Waals surface area contributed by atoms with E-state index in [9.17, 15) is 4.79 Å². The Labute approximate surface area is 114 Å². The molecule has 0 aromatic carbocycles. The number of carboxylic acids is 1. The van der Waals surface area contributed by atoms with Crippen LogP contribution < -0.4 is 5.32 Å². The quantitative estimate of drug-likeness (QED) is 0.901. The molecule has 6 heteroatoms. The monoisotopic (exact) mass is 275 g/mol. The minimum absolute atomic E-state index is 0.168. The van der Waals surface area contributed by atoms with Gasteiger partial charge in [-0.1, -0.05) is 0 Å². The fraction of sp³-hybridized carbons (Fsp3) is 0.308. The average Bonchev–Trinajstić information content (AvgIpc) is 2.89. The first kappa shape index (κ1) is 12.1. The summed E-state index contributed by atoms with van der Waals surface area (Å²) in [5.74, 6) is -0.987. The SMILES string of the molecule is Cc1cc(Nc2nc3c(s2)CCC3)c(C(=O)O)cn1. The molecule has 3 rings (SSSR count). The van der Waals surface area contributed by atoms with Crippen LogP contribution in [0.5, 0.6) is 0 Å². The van der Waals surface area contributed by atoms with E-state index in [1.54, 1.807) is 17.4 Å². The number of carboxylic acid groups (broad SMARTS) is 1. The normalized spacial score (nSPS) is 13.3. The van der Waals surface area contributed by atoms with Gasteiger partial charge in [-0.05, 0) is 32.3 Å². The van der Waals surface area contributed by atoms with Crippen LogP contribution in [0.25, 0.3) is 0 Å². The fourth-order valence-electron chi connectivity index (χ4n) is 2.19. The molecule has 0 unspecified atom stereocenters. The summed E-state index contributed by atoms with van der Waals surface area (Å²) in [6, 6.07) is 1.73. The number of thiazole rings is 1. The van der Waals surface area contributed by atoms with Crippen LogP contribution in [0.4, 0.5) is 10.8 Å². The molecule has 1 aliphatic rings. The van der Waals surface area contributed by atoms with Gasteiger partial charge in [-0.15, -0.1) is 11.3 Å². The molecule has 2 N–H and O–H groups in total. The summed E-state index contributed by atoms with van der Waals surface area (Å²) >= 11 is 1.61. The predicted octanol–water partition coefficient (Wildman–Crippen LogP) is 2.78. The molecule has 0 saturated carbocycles. The zero-order valence-corrected chi connectivity index (χ0v) is 11.3. The highest BCUT2D eigenvalue weighted by atomic mass is 32.1. The molecule has 0 spiro atoms. The molecule has 2 aromatic rings. The maximum atomic E-state index is 11.2. The number of aryl methyl sites for hydroxylation is 3. The lowest BCUT2D eigenvalue weighted by atomic mass is 10.2. The number of pyridine rings is 1. The third-order valence-corrected chi connectivity index (χ3v) is 4.18. The topological polar surface area (TPSA) is 75.1 Å². The molecular formula is C13H13N3O2S. The van der Waals surface area contributed by atoms with E-state index in [1.807, 2.05) is 6.92 Å². The Morgan fingerprint density at radius 2 is 2.32 bits per heavy atom. The van der Waals surface area contributed by atoms with Crippen LogP contribution in [0.3, 0.4) is 0 Å². The first-order chi connectivity index (χ1) is 9.13. The number of fused-ring (bicyclic) bond motifs is 1. The summed E-state index contributed by atoms with van der Waals surface area (Å²) in [6.45, 7) is 1.83. The highest BCUT2D eigenvalue weighted by molar-refractivity contribution is 7.15. The Hall–Kier alpha value is -1.95. The first-order valence-corrected chi connectivity index (χ1v) is 6.90. The van der Waals surface area contributed by atoms with Gasteiger partial charge < -0.3 is 10.4 Å². The molecule has 0 bridgehead atoms. The van der Waals surface area contributed by atoms with Crippen molar-refractivity contribution in [3.05, 3.63) is 34.1 Å². The maximum absolute atomic E-state index is 11.2. The van der Waals surface area contributed by atoms with Crippen LogP contribution in [0.2, 0.25) is 0 Å². The Morgan fingerprint density at radius 1 is 1.47 bits per heavy atom. The number of aromatic carboxylic acids is 1. The molecule has 0 radical (unpaired) electrons. The second-order valence-corrected chi connectivity index (χ2v) is 5.63. The van der Waals surface area contributed by atoms with E-state index in [0.717, 1.165) is 29.4 Å². The third-order valence-electron chi connectivity index (χ3n) is 3.11. The van der Waals surface area contributed by atoms with Gasteiger partial charge in [0.25, 0.3) is 0 Å². The minimum atomic E-state index is -0.987. The van der Waals surface area contributed by atoms with E-state index in [1.165, 1.54) is 17.5 Å². The average molecular weight is 275 g/mol. The molecular weight excluding hydrogens is 262 g/mol. The summed E-state index contributed by atoms with van der Waals surface area (Å²) in [7, 11) is 0. The van der Waals surface area contributed by atoms with E-state index in [-0.39, 0.29) is 5.56 Å². The summed E-state index contributed by atoms with van der Waals surface area (Å²) in [6.07, 6.45) is 4.65. The van der Waals surface area contributed by atoms with Crippen molar-refractivity contribution in [3.8, 4) is 0 Å². The van der Waals surface area contributed by atoms with Crippen LogP contribution in [-0.2, 0) is 12.8 Å². The number of carbonyl (C=O) groups is 1. The predicted molar refractivity (Wildman–Crippen MR) is 73.4 cm³/mol. The van der Waals surface area contributed by atoms with Crippen LogP contribution in [0.1, 0.15) is 33.0 Å². The number of nitrogens with one attached hydrogen (secondary N) is 1. The Bertz CT molecular complexity index is 630. The third kappa shape index (κ3) is 2.31. The van der Waals surface area contributed by atoms with Crippen molar-refractivity contribution in [2.75, 3.05) is 5.32 Å². The summed E-state index contributed by atoms with van der Waals surface area (Å²) in [5.41, 5.74) is 2.64. The van der Waals surface area contributed by atoms with Crippen LogP contribution in [-0.4, -0.2) is 21.0 Å². The van der Waals surface area contributed by atoms with E-state index in [0.29, 0.717) is 5.69 Å². The largest absolute Gasteiger partial charge is 0.478 e.